The molecule has 2 aromatic carbocycles. The van der Waals surface area contributed by atoms with E-state index in [1.54, 1.807) is 18.6 Å². The minimum absolute atomic E-state index is 0.309. The van der Waals surface area contributed by atoms with Gasteiger partial charge in [0.1, 0.15) is 18.5 Å². The topological polar surface area (TPSA) is 96.7 Å². The molecule has 0 bridgehead atoms. The molecule has 6 rings (SSSR count). The van der Waals surface area contributed by atoms with E-state index in [2.05, 4.69) is 55.8 Å². The Morgan fingerprint density at radius 2 is 1.64 bits per heavy atom. The monoisotopic (exact) mass is 477 g/mol. The van der Waals surface area contributed by atoms with Crippen LogP contribution in [0.2, 0.25) is 0 Å². The van der Waals surface area contributed by atoms with Crippen molar-refractivity contribution in [1.82, 2.24) is 34.4 Å². The smallest absolute Gasteiger partial charge is 0.232 e. The molecular formula is C27H27N9. The van der Waals surface area contributed by atoms with Crippen molar-refractivity contribution in [3.8, 4) is 5.69 Å². The van der Waals surface area contributed by atoms with Crippen molar-refractivity contribution < 1.29 is 0 Å². The van der Waals surface area contributed by atoms with E-state index in [1.807, 2.05) is 34.9 Å². The zero-order valence-electron chi connectivity index (χ0n) is 19.8. The normalized spacial score (nSPS) is 14.7. The molecule has 180 valence electrons. The van der Waals surface area contributed by atoms with E-state index >= 15 is 0 Å². The number of benzene rings is 2. The molecule has 1 aliphatic heterocycles. The van der Waals surface area contributed by atoms with Crippen LogP contribution in [-0.4, -0.2) is 53.5 Å². The summed E-state index contributed by atoms with van der Waals surface area (Å²) in [5.41, 5.74) is 3.83. The molecule has 0 amide bonds. The van der Waals surface area contributed by atoms with E-state index in [0.29, 0.717) is 17.8 Å². The van der Waals surface area contributed by atoms with Crippen LogP contribution in [0.4, 0.5) is 17.6 Å². The van der Waals surface area contributed by atoms with E-state index in [-0.39, 0.29) is 0 Å². The number of nitrogens with one attached hydrogen (secondary N) is 2. The number of fused-ring (bicyclic) bond motifs is 1. The first-order valence-electron chi connectivity index (χ1n) is 12.2. The quantitative estimate of drug-likeness (QED) is 0.356. The summed E-state index contributed by atoms with van der Waals surface area (Å²) in [6.07, 6.45) is 7.05. The van der Waals surface area contributed by atoms with Crippen LogP contribution in [-0.2, 0) is 6.54 Å². The third-order valence-electron chi connectivity index (χ3n) is 6.43. The first-order chi connectivity index (χ1) is 17.8. The standard InChI is InChI=1S/C27H27N9/c1-3-7-20(8-4-1)17-35-15-12-21(13-16-35)31-25-24-26(36(19-30-24)22-9-5-2-6-10-22)34-27(33-25)32-23-11-14-28-18-29-23/h1-11,14,18-19,21H,12-13,15-17H2,(H2,28,29,31,32,33,34). The van der Waals surface area contributed by atoms with Crippen LogP contribution in [0.5, 0.6) is 0 Å². The Balaban J connectivity index is 1.25. The van der Waals surface area contributed by atoms with E-state index in [4.69, 9.17) is 15.0 Å². The Labute approximate surface area is 209 Å². The Hall–Kier alpha value is -4.37. The molecule has 9 heteroatoms. The van der Waals surface area contributed by atoms with Gasteiger partial charge in [0.25, 0.3) is 0 Å². The third kappa shape index (κ3) is 4.87. The summed E-state index contributed by atoms with van der Waals surface area (Å²) < 4.78 is 1.98. The van der Waals surface area contributed by atoms with Crippen LogP contribution in [0.1, 0.15) is 18.4 Å². The number of hydrogen-bond acceptors (Lipinski definition) is 8. The van der Waals surface area contributed by atoms with Crippen molar-refractivity contribution in [1.29, 1.82) is 0 Å². The van der Waals surface area contributed by atoms with Gasteiger partial charge in [-0.25, -0.2) is 15.0 Å². The van der Waals surface area contributed by atoms with Crippen molar-refractivity contribution in [2.75, 3.05) is 23.7 Å². The lowest BCUT2D eigenvalue weighted by molar-refractivity contribution is 0.211. The number of aromatic nitrogens is 6. The van der Waals surface area contributed by atoms with E-state index in [1.165, 1.54) is 11.9 Å². The molecule has 4 heterocycles. The molecule has 5 aromatic rings. The Morgan fingerprint density at radius 3 is 2.39 bits per heavy atom. The second-order valence-corrected chi connectivity index (χ2v) is 8.92. The highest BCUT2D eigenvalue weighted by atomic mass is 15.2. The van der Waals surface area contributed by atoms with Crippen LogP contribution in [0.25, 0.3) is 16.9 Å². The molecule has 0 spiro atoms. The summed E-state index contributed by atoms with van der Waals surface area (Å²) in [5.74, 6) is 1.82. The van der Waals surface area contributed by atoms with E-state index in [9.17, 15) is 0 Å². The third-order valence-corrected chi connectivity index (χ3v) is 6.43. The molecule has 0 unspecified atom stereocenters. The molecule has 0 atom stereocenters. The summed E-state index contributed by atoms with van der Waals surface area (Å²) in [7, 11) is 0. The fraction of sp³-hybridized carbons (Fsp3) is 0.222. The van der Waals surface area contributed by atoms with Gasteiger partial charge in [0.05, 0.1) is 0 Å². The lowest BCUT2D eigenvalue weighted by Gasteiger charge is -2.32. The lowest BCUT2D eigenvalue weighted by Crippen LogP contribution is -2.38. The second kappa shape index (κ2) is 10.1. The summed E-state index contributed by atoms with van der Waals surface area (Å²) in [5, 5.41) is 6.89. The number of likely N-dealkylation sites (tertiary alicyclic amines) is 1. The van der Waals surface area contributed by atoms with Crippen LogP contribution < -0.4 is 10.6 Å². The maximum absolute atomic E-state index is 4.80. The van der Waals surface area contributed by atoms with Gasteiger partial charge in [-0.1, -0.05) is 48.5 Å². The van der Waals surface area contributed by atoms with Gasteiger partial charge in [0.2, 0.25) is 5.95 Å². The minimum atomic E-state index is 0.309. The van der Waals surface area contributed by atoms with Gasteiger partial charge in [0, 0.05) is 37.6 Å². The fourth-order valence-corrected chi connectivity index (χ4v) is 4.58. The van der Waals surface area contributed by atoms with Gasteiger partial charge >= 0.3 is 0 Å². The number of piperidine rings is 1. The van der Waals surface area contributed by atoms with Crippen molar-refractivity contribution in [3.63, 3.8) is 0 Å². The molecule has 0 aliphatic carbocycles. The maximum atomic E-state index is 4.80. The zero-order chi connectivity index (χ0) is 24.2. The summed E-state index contributed by atoms with van der Waals surface area (Å²) >= 11 is 0. The number of nitrogens with zero attached hydrogens (tertiary/aromatic N) is 7. The van der Waals surface area contributed by atoms with Gasteiger partial charge in [-0.3, -0.25) is 9.47 Å². The fourth-order valence-electron chi connectivity index (χ4n) is 4.58. The van der Waals surface area contributed by atoms with E-state index < -0.39 is 0 Å². The Morgan fingerprint density at radius 1 is 0.861 bits per heavy atom. The molecule has 0 saturated carbocycles. The molecule has 9 nitrogen and oxygen atoms in total. The second-order valence-electron chi connectivity index (χ2n) is 8.92. The van der Waals surface area contributed by atoms with Crippen molar-refractivity contribution in [3.05, 3.63) is 91.1 Å². The predicted octanol–water partition coefficient (Wildman–Crippen LogP) is 4.43. The Kier molecular flexibility index (Phi) is 6.20. The molecule has 36 heavy (non-hydrogen) atoms. The highest BCUT2D eigenvalue weighted by Gasteiger charge is 2.22. The minimum Gasteiger partial charge on any atom is -0.365 e. The molecule has 1 fully saturated rings. The largest absolute Gasteiger partial charge is 0.365 e. The number of imidazole rings is 1. The van der Waals surface area contributed by atoms with Gasteiger partial charge < -0.3 is 10.6 Å². The highest BCUT2D eigenvalue weighted by Crippen LogP contribution is 2.27. The van der Waals surface area contributed by atoms with Crippen LogP contribution in [0, 0.1) is 0 Å². The molecule has 3 aromatic heterocycles. The van der Waals surface area contributed by atoms with Crippen molar-refractivity contribution in [2.45, 2.75) is 25.4 Å². The van der Waals surface area contributed by atoms with Gasteiger partial charge in [-0.15, -0.1) is 0 Å². The summed E-state index contributed by atoms with van der Waals surface area (Å²) in [6.45, 7) is 3.05. The van der Waals surface area contributed by atoms with Crippen LogP contribution >= 0.6 is 0 Å². The summed E-state index contributed by atoms with van der Waals surface area (Å²) in [6, 6.07) is 22.8. The highest BCUT2D eigenvalue weighted by molar-refractivity contribution is 5.86. The lowest BCUT2D eigenvalue weighted by atomic mass is 10.0. The number of para-hydroxylation sites is 1. The van der Waals surface area contributed by atoms with Crippen molar-refractivity contribution >= 4 is 28.7 Å². The Bertz CT molecular complexity index is 1410. The average Bonchev–Trinajstić information content (AvgIpc) is 3.36. The van der Waals surface area contributed by atoms with Gasteiger partial charge in [-0.2, -0.15) is 9.97 Å². The molecular weight excluding hydrogens is 450 g/mol. The first kappa shape index (κ1) is 22.1. The number of rotatable bonds is 7. The summed E-state index contributed by atoms with van der Waals surface area (Å²) in [4.78, 5) is 25.0. The molecule has 2 N–H and O–H groups in total. The van der Waals surface area contributed by atoms with Crippen LogP contribution in [0.15, 0.2) is 85.6 Å². The predicted molar refractivity (Wildman–Crippen MR) is 140 cm³/mol. The van der Waals surface area contributed by atoms with Crippen molar-refractivity contribution in [2.24, 2.45) is 0 Å². The maximum Gasteiger partial charge on any atom is 0.232 e. The first-order valence-corrected chi connectivity index (χ1v) is 12.2. The van der Waals surface area contributed by atoms with Gasteiger partial charge in [-0.05, 0) is 36.6 Å². The number of anilines is 3. The SMILES string of the molecule is c1ccc(CN2CCC(Nc3nc(Nc4ccncn4)nc4c3ncn4-c3ccccc3)CC2)cc1. The molecule has 1 saturated heterocycles. The zero-order valence-corrected chi connectivity index (χ0v) is 19.8. The van der Waals surface area contributed by atoms with E-state index in [0.717, 1.165) is 55.1 Å². The average molecular weight is 478 g/mol. The van der Waals surface area contributed by atoms with Crippen LogP contribution in [0.3, 0.4) is 0 Å². The number of hydrogen-bond donors (Lipinski definition) is 2. The van der Waals surface area contributed by atoms with Gasteiger partial charge in [0.15, 0.2) is 17.0 Å². The molecule has 1 aliphatic rings. The molecule has 0 radical (unpaired) electrons.